The molecule has 0 aliphatic carbocycles. The highest BCUT2D eigenvalue weighted by atomic mass is 79.9. The first-order chi connectivity index (χ1) is 7.61. The van der Waals surface area contributed by atoms with Crippen LogP contribution in [0, 0.1) is 0 Å². The third-order valence-electron chi connectivity index (χ3n) is 2.13. The van der Waals surface area contributed by atoms with Crippen LogP contribution in [-0.4, -0.2) is 17.3 Å². The van der Waals surface area contributed by atoms with Gasteiger partial charge in [-0.1, -0.05) is 11.6 Å². The molecule has 2 aromatic rings. The number of benzene rings is 1. The molecule has 1 aromatic heterocycles. The van der Waals surface area contributed by atoms with Gasteiger partial charge in [-0.25, -0.2) is 0 Å². The van der Waals surface area contributed by atoms with E-state index >= 15 is 0 Å². The number of ether oxygens (including phenoxy) is 1. The molecule has 0 saturated heterocycles. The number of nitrogens with two attached hydrogens (primary N) is 1. The fraction of sp³-hybridized carbons (Fsp3) is 0.100. The summed E-state index contributed by atoms with van der Waals surface area (Å²) in [6.45, 7) is 0. The Morgan fingerprint density at radius 3 is 2.75 bits per heavy atom. The van der Waals surface area contributed by atoms with Gasteiger partial charge < -0.3 is 10.5 Å². The van der Waals surface area contributed by atoms with Gasteiger partial charge in [-0.05, 0) is 22.0 Å². The van der Waals surface area contributed by atoms with Crippen molar-refractivity contribution in [2.45, 2.75) is 0 Å². The van der Waals surface area contributed by atoms with Crippen LogP contribution in [0.25, 0.3) is 11.3 Å². The van der Waals surface area contributed by atoms with Gasteiger partial charge in [0.05, 0.1) is 22.3 Å². The van der Waals surface area contributed by atoms with Crippen LogP contribution in [0.15, 0.2) is 22.7 Å². The second-order valence-electron chi connectivity index (χ2n) is 3.17. The second-order valence-corrected chi connectivity index (χ2v) is 4.43. The average Bonchev–Trinajstić information content (AvgIpc) is 2.67. The van der Waals surface area contributed by atoms with Crippen molar-refractivity contribution < 1.29 is 4.74 Å². The first kappa shape index (κ1) is 11.3. The van der Waals surface area contributed by atoms with Crippen LogP contribution in [0.3, 0.4) is 0 Å². The molecule has 2 rings (SSSR count). The smallest absolute Gasteiger partial charge is 0.145 e. The third-order valence-corrected chi connectivity index (χ3v) is 3.06. The van der Waals surface area contributed by atoms with Crippen molar-refractivity contribution in [2.75, 3.05) is 12.8 Å². The van der Waals surface area contributed by atoms with E-state index in [2.05, 4.69) is 26.1 Å². The fourth-order valence-electron chi connectivity index (χ4n) is 1.37. The third kappa shape index (κ3) is 2.01. The van der Waals surface area contributed by atoms with Gasteiger partial charge in [0.15, 0.2) is 0 Å². The van der Waals surface area contributed by atoms with Crippen molar-refractivity contribution in [2.24, 2.45) is 0 Å². The highest BCUT2D eigenvalue weighted by Gasteiger charge is 2.10. The number of aromatic nitrogens is 2. The molecular formula is C10H9BrClN3O. The Morgan fingerprint density at radius 1 is 1.44 bits per heavy atom. The maximum absolute atomic E-state index is 6.13. The number of hydrogen-bond donors (Lipinski definition) is 2. The minimum absolute atomic E-state index is 0.429. The molecule has 16 heavy (non-hydrogen) atoms. The lowest BCUT2D eigenvalue weighted by Gasteiger charge is -2.07. The predicted molar refractivity (Wildman–Crippen MR) is 67.7 cm³/mol. The Labute approximate surface area is 106 Å². The van der Waals surface area contributed by atoms with E-state index in [9.17, 15) is 0 Å². The summed E-state index contributed by atoms with van der Waals surface area (Å²) in [7, 11) is 1.59. The summed E-state index contributed by atoms with van der Waals surface area (Å²) in [5.41, 5.74) is 7.13. The van der Waals surface area contributed by atoms with E-state index < -0.39 is 0 Å². The molecule has 0 aliphatic rings. The van der Waals surface area contributed by atoms with E-state index in [1.165, 1.54) is 0 Å². The molecule has 0 fully saturated rings. The standard InChI is InChI=1S/C10H9BrClN3O/c1-16-9-3-7(12)5(2-6(9)11)8-4-10(13)15-14-8/h2-4H,1H3,(H3,13,14,15). The van der Waals surface area contributed by atoms with Crippen molar-refractivity contribution in [1.29, 1.82) is 0 Å². The van der Waals surface area contributed by atoms with Gasteiger partial charge in [-0.2, -0.15) is 5.10 Å². The molecule has 1 aromatic carbocycles. The van der Waals surface area contributed by atoms with Gasteiger partial charge in [-0.3, -0.25) is 5.10 Å². The van der Waals surface area contributed by atoms with E-state index in [1.807, 2.05) is 6.07 Å². The van der Waals surface area contributed by atoms with Crippen LogP contribution in [0.4, 0.5) is 5.82 Å². The van der Waals surface area contributed by atoms with Crippen LogP contribution in [0.2, 0.25) is 5.02 Å². The lowest BCUT2D eigenvalue weighted by Crippen LogP contribution is -1.87. The molecule has 0 saturated carbocycles. The number of nitrogens with zero attached hydrogens (tertiary/aromatic N) is 1. The summed E-state index contributed by atoms with van der Waals surface area (Å²) >= 11 is 9.53. The topological polar surface area (TPSA) is 63.9 Å². The van der Waals surface area contributed by atoms with Crippen molar-refractivity contribution in [3.8, 4) is 17.0 Å². The minimum atomic E-state index is 0.429. The molecule has 6 heteroatoms. The number of H-pyrrole nitrogens is 1. The fourth-order valence-corrected chi connectivity index (χ4v) is 2.13. The summed E-state index contributed by atoms with van der Waals surface area (Å²) in [5.74, 6) is 1.11. The number of aromatic amines is 1. The monoisotopic (exact) mass is 301 g/mol. The molecular weight excluding hydrogens is 293 g/mol. The number of nitrogens with one attached hydrogen (secondary N) is 1. The molecule has 0 unspecified atom stereocenters. The van der Waals surface area contributed by atoms with E-state index in [4.69, 9.17) is 22.1 Å². The van der Waals surface area contributed by atoms with Gasteiger partial charge >= 0.3 is 0 Å². The van der Waals surface area contributed by atoms with E-state index in [0.29, 0.717) is 16.6 Å². The molecule has 84 valence electrons. The highest BCUT2D eigenvalue weighted by molar-refractivity contribution is 9.10. The zero-order valence-electron chi connectivity index (χ0n) is 8.42. The van der Waals surface area contributed by atoms with Crippen molar-refractivity contribution in [3.63, 3.8) is 0 Å². The minimum Gasteiger partial charge on any atom is -0.496 e. The zero-order chi connectivity index (χ0) is 11.7. The largest absolute Gasteiger partial charge is 0.496 e. The predicted octanol–water partition coefficient (Wildman–Crippen LogP) is 3.08. The molecule has 4 nitrogen and oxygen atoms in total. The number of hydrogen-bond acceptors (Lipinski definition) is 3. The van der Waals surface area contributed by atoms with Gasteiger partial charge in [0.1, 0.15) is 11.6 Å². The normalized spacial score (nSPS) is 10.4. The lowest BCUT2D eigenvalue weighted by molar-refractivity contribution is 0.412. The van der Waals surface area contributed by atoms with Crippen LogP contribution in [-0.2, 0) is 0 Å². The number of anilines is 1. The van der Waals surface area contributed by atoms with E-state index in [1.54, 1.807) is 19.2 Å². The maximum Gasteiger partial charge on any atom is 0.145 e. The number of halogens is 2. The number of methoxy groups -OCH3 is 1. The van der Waals surface area contributed by atoms with Gasteiger partial charge in [-0.15, -0.1) is 0 Å². The number of rotatable bonds is 2. The molecule has 0 aliphatic heterocycles. The first-order valence-corrected chi connectivity index (χ1v) is 5.63. The molecule has 0 bridgehead atoms. The summed E-state index contributed by atoms with van der Waals surface area (Å²) in [5, 5.41) is 7.23. The van der Waals surface area contributed by atoms with E-state index in [-0.39, 0.29) is 0 Å². The van der Waals surface area contributed by atoms with Crippen molar-refractivity contribution in [3.05, 3.63) is 27.7 Å². The maximum atomic E-state index is 6.13. The molecule has 0 radical (unpaired) electrons. The Kier molecular flexibility index (Phi) is 3.07. The van der Waals surface area contributed by atoms with Crippen LogP contribution in [0.5, 0.6) is 5.75 Å². The molecule has 0 atom stereocenters. The molecule has 3 N–H and O–H groups in total. The Morgan fingerprint density at radius 2 is 2.19 bits per heavy atom. The average molecular weight is 303 g/mol. The van der Waals surface area contributed by atoms with Crippen LogP contribution >= 0.6 is 27.5 Å². The Hall–Kier alpha value is -1.20. The molecule has 0 amide bonds. The summed E-state index contributed by atoms with van der Waals surface area (Å²) in [4.78, 5) is 0. The highest BCUT2D eigenvalue weighted by Crippen LogP contribution is 2.36. The van der Waals surface area contributed by atoms with Gasteiger partial charge in [0, 0.05) is 17.7 Å². The van der Waals surface area contributed by atoms with Crippen LogP contribution < -0.4 is 10.5 Å². The van der Waals surface area contributed by atoms with E-state index in [0.717, 1.165) is 15.7 Å². The lowest BCUT2D eigenvalue weighted by atomic mass is 10.1. The Balaban J connectivity index is 2.54. The van der Waals surface area contributed by atoms with Crippen LogP contribution in [0.1, 0.15) is 0 Å². The van der Waals surface area contributed by atoms with Gasteiger partial charge in [0.25, 0.3) is 0 Å². The van der Waals surface area contributed by atoms with Crippen molar-refractivity contribution in [1.82, 2.24) is 10.2 Å². The van der Waals surface area contributed by atoms with Crippen molar-refractivity contribution >= 4 is 33.3 Å². The summed E-state index contributed by atoms with van der Waals surface area (Å²) in [6.07, 6.45) is 0. The summed E-state index contributed by atoms with van der Waals surface area (Å²) < 4.78 is 5.96. The summed E-state index contributed by atoms with van der Waals surface area (Å²) in [6, 6.07) is 5.31. The Bertz CT molecular complexity index is 527. The quantitative estimate of drug-likeness (QED) is 0.896. The first-order valence-electron chi connectivity index (χ1n) is 4.46. The zero-order valence-corrected chi connectivity index (χ0v) is 10.8. The number of nitrogen functional groups attached to an aromatic ring is 1. The van der Waals surface area contributed by atoms with Gasteiger partial charge in [0.2, 0.25) is 0 Å². The molecule has 0 spiro atoms. The molecule has 1 heterocycles. The SMILES string of the molecule is COc1cc(Cl)c(-c2cc(N)n[nH]2)cc1Br. The second kappa shape index (κ2) is 4.35.